The number of ether oxygens (including phenoxy) is 1. The van der Waals surface area contributed by atoms with Gasteiger partial charge in [-0.3, -0.25) is 0 Å². The number of pyridine rings is 1. The summed E-state index contributed by atoms with van der Waals surface area (Å²) in [5.41, 5.74) is 4.20. The van der Waals surface area contributed by atoms with Crippen LogP contribution in [0.15, 0.2) is 24.4 Å². The van der Waals surface area contributed by atoms with Gasteiger partial charge in [0.25, 0.3) is 0 Å². The van der Waals surface area contributed by atoms with Crippen molar-refractivity contribution < 1.29 is 4.74 Å². The van der Waals surface area contributed by atoms with Crippen molar-refractivity contribution in [2.24, 2.45) is 0 Å². The predicted octanol–water partition coefficient (Wildman–Crippen LogP) is 5.19. The molecule has 0 aliphatic carbocycles. The van der Waals surface area contributed by atoms with Gasteiger partial charge in [0, 0.05) is 12.1 Å². The number of nitrogens with zero attached hydrogens (tertiary/aromatic N) is 1. The lowest BCUT2D eigenvalue weighted by Crippen LogP contribution is -1.96. The minimum Gasteiger partial charge on any atom is -0.437 e. The van der Waals surface area contributed by atoms with E-state index >= 15 is 0 Å². The van der Waals surface area contributed by atoms with Crippen LogP contribution in [0.1, 0.15) is 22.3 Å². The van der Waals surface area contributed by atoms with E-state index in [1.54, 1.807) is 12.3 Å². The van der Waals surface area contributed by atoms with E-state index in [2.05, 4.69) is 11.1 Å². The predicted molar refractivity (Wildman–Crippen MR) is 79.5 cm³/mol. The van der Waals surface area contributed by atoms with Crippen LogP contribution < -0.4 is 4.74 Å². The van der Waals surface area contributed by atoms with E-state index < -0.39 is 0 Å². The molecule has 0 radical (unpaired) electrons. The lowest BCUT2D eigenvalue weighted by Gasteiger charge is -2.14. The van der Waals surface area contributed by atoms with Gasteiger partial charge in [-0.05, 0) is 49.1 Å². The average Bonchev–Trinajstić information content (AvgIpc) is 2.40. The Morgan fingerprint density at radius 2 is 1.84 bits per heavy atom. The van der Waals surface area contributed by atoms with Crippen LogP contribution in [0.25, 0.3) is 0 Å². The van der Waals surface area contributed by atoms with Crippen molar-refractivity contribution in [2.75, 3.05) is 0 Å². The van der Waals surface area contributed by atoms with Gasteiger partial charge in [0.1, 0.15) is 10.8 Å². The van der Waals surface area contributed by atoms with Crippen LogP contribution in [0.5, 0.6) is 11.6 Å². The second-order valence-corrected chi connectivity index (χ2v) is 5.19. The zero-order chi connectivity index (χ0) is 14.0. The molecule has 0 atom stereocenters. The summed E-state index contributed by atoms with van der Waals surface area (Å²) in [5, 5.41) is 0.471. The summed E-state index contributed by atoms with van der Waals surface area (Å²) in [7, 11) is 0. The summed E-state index contributed by atoms with van der Waals surface area (Å²) in [5.74, 6) is 1.61. The molecule has 19 heavy (non-hydrogen) atoms. The Morgan fingerprint density at radius 1 is 1.16 bits per heavy atom. The molecule has 4 heteroatoms. The van der Waals surface area contributed by atoms with Gasteiger partial charge in [0.05, 0.1) is 0 Å². The Kier molecular flexibility index (Phi) is 4.33. The number of aryl methyl sites for hydroxylation is 2. The third-order valence-corrected chi connectivity index (χ3v) is 3.67. The maximum absolute atomic E-state index is 6.16. The Bertz CT molecular complexity index is 611. The second-order valence-electron chi connectivity index (χ2n) is 4.52. The smallest absolute Gasteiger partial charge is 0.238 e. The first kappa shape index (κ1) is 14.2. The summed E-state index contributed by atoms with van der Waals surface area (Å²) >= 11 is 11.9. The third-order valence-electron chi connectivity index (χ3n) is 3.09. The topological polar surface area (TPSA) is 22.1 Å². The fourth-order valence-electron chi connectivity index (χ4n) is 1.79. The number of benzene rings is 1. The molecule has 1 aromatic heterocycles. The Balaban J connectivity index is 2.39. The Morgan fingerprint density at radius 3 is 2.47 bits per heavy atom. The quantitative estimate of drug-likeness (QED) is 0.727. The molecule has 100 valence electrons. The van der Waals surface area contributed by atoms with Crippen molar-refractivity contribution in [1.82, 2.24) is 4.98 Å². The van der Waals surface area contributed by atoms with Crippen molar-refractivity contribution in [3.8, 4) is 11.6 Å². The van der Waals surface area contributed by atoms with E-state index in [4.69, 9.17) is 27.9 Å². The molecule has 1 aromatic carbocycles. The van der Waals surface area contributed by atoms with Crippen molar-refractivity contribution in [1.29, 1.82) is 0 Å². The van der Waals surface area contributed by atoms with Crippen LogP contribution in [0.2, 0.25) is 5.02 Å². The maximum atomic E-state index is 6.16. The van der Waals surface area contributed by atoms with Crippen LogP contribution in [-0.2, 0) is 5.88 Å². The highest BCUT2D eigenvalue weighted by atomic mass is 35.5. The minimum atomic E-state index is 0.384. The van der Waals surface area contributed by atoms with Crippen molar-refractivity contribution in [2.45, 2.75) is 26.7 Å². The zero-order valence-electron chi connectivity index (χ0n) is 11.1. The highest BCUT2D eigenvalue weighted by molar-refractivity contribution is 6.32. The molecule has 0 bridgehead atoms. The van der Waals surface area contributed by atoms with Gasteiger partial charge < -0.3 is 4.74 Å². The highest BCUT2D eigenvalue weighted by Crippen LogP contribution is 2.33. The molecular formula is C15H15Cl2NO. The molecule has 0 saturated heterocycles. The minimum absolute atomic E-state index is 0.384. The van der Waals surface area contributed by atoms with Crippen LogP contribution in [-0.4, -0.2) is 4.98 Å². The fraction of sp³-hybridized carbons (Fsp3) is 0.267. The lowest BCUT2D eigenvalue weighted by molar-refractivity contribution is 0.455. The molecule has 0 aliphatic heterocycles. The van der Waals surface area contributed by atoms with E-state index in [9.17, 15) is 0 Å². The van der Waals surface area contributed by atoms with E-state index in [1.165, 1.54) is 5.56 Å². The largest absolute Gasteiger partial charge is 0.437 e. The fourth-order valence-corrected chi connectivity index (χ4v) is 2.17. The van der Waals surface area contributed by atoms with E-state index in [-0.39, 0.29) is 0 Å². The molecule has 1 heterocycles. The number of hydrogen-bond acceptors (Lipinski definition) is 2. The van der Waals surface area contributed by atoms with E-state index in [1.807, 2.05) is 26.8 Å². The van der Waals surface area contributed by atoms with Gasteiger partial charge in [-0.15, -0.1) is 11.6 Å². The summed E-state index contributed by atoms with van der Waals surface area (Å²) in [6.07, 6.45) is 1.68. The van der Waals surface area contributed by atoms with Crippen molar-refractivity contribution in [3.63, 3.8) is 0 Å². The highest BCUT2D eigenvalue weighted by Gasteiger charge is 2.11. The molecule has 0 N–H and O–H groups in total. The number of alkyl halides is 1. The number of aromatic nitrogens is 1. The second kappa shape index (κ2) is 5.81. The van der Waals surface area contributed by atoms with Gasteiger partial charge in [0.2, 0.25) is 5.88 Å². The van der Waals surface area contributed by atoms with Gasteiger partial charge >= 0.3 is 0 Å². The molecule has 0 aliphatic rings. The summed E-state index contributed by atoms with van der Waals surface area (Å²) in [6, 6.07) is 5.87. The van der Waals surface area contributed by atoms with E-state index in [0.29, 0.717) is 16.8 Å². The molecule has 2 rings (SSSR count). The molecule has 0 unspecified atom stereocenters. The van der Waals surface area contributed by atoms with Crippen LogP contribution in [0.3, 0.4) is 0 Å². The molecule has 0 fully saturated rings. The van der Waals surface area contributed by atoms with Crippen LogP contribution in [0, 0.1) is 20.8 Å². The number of halogens is 2. The Hall–Kier alpha value is -1.25. The van der Waals surface area contributed by atoms with Crippen molar-refractivity contribution >= 4 is 23.2 Å². The van der Waals surface area contributed by atoms with Gasteiger partial charge in [-0.1, -0.05) is 23.7 Å². The first-order valence-electron chi connectivity index (χ1n) is 5.98. The lowest BCUT2D eigenvalue weighted by atomic mass is 10.1. The first-order chi connectivity index (χ1) is 9.02. The molecule has 0 saturated carbocycles. The zero-order valence-corrected chi connectivity index (χ0v) is 12.6. The molecule has 0 spiro atoms. The van der Waals surface area contributed by atoms with Gasteiger partial charge in [0.15, 0.2) is 0 Å². The molecule has 2 aromatic rings. The van der Waals surface area contributed by atoms with Crippen LogP contribution in [0.4, 0.5) is 0 Å². The molecule has 2 nitrogen and oxygen atoms in total. The SMILES string of the molecule is Cc1ccc(C)c(Oc2ncc(CCl)cc2Cl)c1C. The Labute approximate surface area is 123 Å². The van der Waals surface area contributed by atoms with Crippen molar-refractivity contribution in [3.05, 3.63) is 51.7 Å². The first-order valence-corrected chi connectivity index (χ1v) is 6.89. The summed E-state index contributed by atoms with van der Waals surface area (Å²) < 4.78 is 5.86. The summed E-state index contributed by atoms with van der Waals surface area (Å²) in [6.45, 7) is 6.08. The third kappa shape index (κ3) is 3.02. The monoisotopic (exact) mass is 295 g/mol. The maximum Gasteiger partial charge on any atom is 0.238 e. The molecule has 0 amide bonds. The number of hydrogen-bond donors (Lipinski definition) is 0. The van der Waals surface area contributed by atoms with E-state index in [0.717, 1.165) is 22.4 Å². The molecular weight excluding hydrogens is 281 g/mol. The van der Waals surface area contributed by atoms with Gasteiger partial charge in [-0.2, -0.15) is 0 Å². The normalized spacial score (nSPS) is 10.6. The summed E-state index contributed by atoms with van der Waals surface area (Å²) in [4.78, 5) is 4.22. The number of rotatable bonds is 3. The average molecular weight is 296 g/mol. The van der Waals surface area contributed by atoms with Gasteiger partial charge in [-0.25, -0.2) is 4.98 Å². The standard InChI is InChI=1S/C15H15Cl2NO/c1-9-4-5-10(2)14(11(9)3)19-15-13(17)6-12(7-16)8-18-15/h4-6,8H,7H2,1-3H3. The van der Waals surface area contributed by atoms with Crippen LogP contribution >= 0.6 is 23.2 Å².